The van der Waals surface area contributed by atoms with Gasteiger partial charge in [-0.15, -0.1) is 11.8 Å². The first kappa shape index (κ1) is 27.3. The minimum Gasteiger partial charge on any atom is -0.376 e. The number of ether oxygens (including phenoxy) is 1. The van der Waals surface area contributed by atoms with Gasteiger partial charge in [-0.2, -0.15) is 5.10 Å². The molecule has 1 saturated heterocycles. The van der Waals surface area contributed by atoms with E-state index in [4.69, 9.17) is 9.84 Å². The fourth-order valence-electron chi connectivity index (χ4n) is 4.99. The number of nitrogens with zero attached hydrogens (tertiary/aromatic N) is 3. The van der Waals surface area contributed by atoms with E-state index in [2.05, 4.69) is 5.32 Å². The quantitative estimate of drug-likeness (QED) is 0.462. The van der Waals surface area contributed by atoms with Gasteiger partial charge in [-0.05, 0) is 39.7 Å². The van der Waals surface area contributed by atoms with Crippen LogP contribution >= 0.6 is 11.8 Å². The number of halogens is 2. The number of hydrogen-bond donors (Lipinski definition) is 1. The lowest BCUT2D eigenvalue weighted by molar-refractivity contribution is -0.123. The van der Waals surface area contributed by atoms with Crippen molar-refractivity contribution in [3.63, 3.8) is 0 Å². The molecule has 39 heavy (non-hydrogen) atoms. The molecule has 0 aliphatic carbocycles. The normalized spacial score (nSPS) is 19.6. The molecule has 0 saturated carbocycles. The van der Waals surface area contributed by atoms with Crippen LogP contribution in [0.2, 0.25) is 0 Å². The van der Waals surface area contributed by atoms with E-state index in [1.165, 1.54) is 28.8 Å². The molecule has 0 bridgehead atoms. The van der Waals surface area contributed by atoms with Gasteiger partial charge in [0.1, 0.15) is 24.0 Å². The molecule has 206 valence electrons. The second-order valence-corrected chi connectivity index (χ2v) is 11.9. The highest BCUT2D eigenvalue weighted by molar-refractivity contribution is 8.00. The maximum absolute atomic E-state index is 15.2. The first-order valence-electron chi connectivity index (χ1n) is 13.1. The van der Waals surface area contributed by atoms with Crippen LogP contribution in [0, 0.1) is 11.6 Å². The molecule has 0 radical (unpaired) electrons. The number of nitrogens with one attached hydrogen (secondary N) is 1. The fourth-order valence-corrected chi connectivity index (χ4v) is 6.21. The van der Waals surface area contributed by atoms with Crippen molar-refractivity contribution < 1.29 is 23.1 Å². The molecule has 2 aromatic carbocycles. The molecule has 5 rings (SSSR count). The number of rotatable bonds is 6. The standard InChI is InChI=1S/C29H32F2N4O3S/c1-29(2,3)35-28-25(26(33-35)18-8-5-4-6-9-18)27(21-12-11-19(30)14-22(21)31)39-17-24(37)34(28)16-23(36)32-15-20-10-7-13-38-20/h4-6,8-9,11-12,14,20,27H,7,10,13,15-17H2,1-3H3,(H,32,36)/t20-,27-/m1/s1. The molecule has 1 fully saturated rings. The number of aromatic nitrogens is 2. The lowest BCUT2D eigenvalue weighted by Crippen LogP contribution is -2.45. The summed E-state index contributed by atoms with van der Waals surface area (Å²) >= 11 is 1.25. The van der Waals surface area contributed by atoms with E-state index in [1.54, 1.807) is 4.68 Å². The van der Waals surface area contributed by atoms with Crippen LogP contribution in [0.5, 0.6) is 0 Å². The van der Waals surface area contributed by atoms with Gasteiger partial charge < -0.3 is 10.1 Å². The highest BCUT2D eigenvalue weighted by Crippen LogP contribution is 2.49. The molecular formula is C29H32F2N4O3S. The second-order valence-electron chi connectivity index (χ2n) is 10.8. The van der Waals surface area contributed by atoms with Crippen molar-refractivity contribution in [2.75, 3.05) is 30.3 Å². The largest absolute Gasteiger partial charge is 0.376 e. The molecule has 10 heteroatoms. The monoisotopic (exact) mass is 554 g/mol. The summed E-state index contributed by atoms with van der Waals surface area (Å²) in [6.07, 6.45) is 1.81. The van der Waals surface area contributed by atoms with E-state index in [9.17, 15) is 14.0 Å². The molecule has 3 aromatic rings. The fraction of sp³-hybridized carbons (Fsp3) is 0.414. The zero-order valence-electron chi connectivity index (χ0n) is 22.2. The Kier molecular flexibility index (Phi) is 7.77. The molecule has 0 spiro atoms. The SMILES string of the molecule is CC(C)(C)n1nc(-c2ccccc2)c2c1N(CC(=O)NC[C@H]1CCCO1)C(=O)CS[C@@H]2c1ccc(F)cc1F. The van der Waals surface area contributed by atoms with Crippen LogP contribution in [0.4, 0.5) is 14.6 Å². The summed E-state index contributed by atoms with van der Waals surface area (Å²) in [5.74, 6) is -1.53. The van der Waals surface area contributed by atoms with Crippen LogP contribution in [0.15, 0.2) is 48.5 Å². The van der Waals surface area contributed by atoms with Crippen molar-refractivity contribution in [3.8, 4) is 11.3 Å². The Morgan fingerprint density at radius 1 is 1.18 bits per heavy atom. The van der Waals surface area contributed by atoms with Gasteiger partial charge in [0.15, 0.2) is 0 Å². The average molecular weight is 555 g/mol. The Bertz CT molecular complexity index is 1370. The Morgan fingerprint density at radius 3 is 2.62 bits per heavy atom. The Morgan fingerprint density at radius 2 is 1.95 bits per heavy atom. The highest BCUT2D eigenvalue weighted by Gasteiger charge is 2.40. The molecule has 3 heterocycles. The van der Waals surface area contributed by atoms with Crippen LogP contribution in [-0.4, -0.2) is 53.1 Å². The van der Waals surface area contributed by atoms with E-state index in [1.807, 2.05) is 51.1 Å². The number of thioether (sulfide) groups is 1. The summed E-state index contributed by atoms with van der Waals surface area (Å²) in [4.78, 5) is 28.2. The molecule has 2 amide bonds. The van der Waals surface area contributed by atoms with Gasteiger partial charge in [0.2, 0.25) is 11.8 Å². The minimum absolute atomic E-state index is 0.00749. The third-order valence-corrected chi connectivity index (χ3v) is 8.11. The number of carbonyl (C=O) groups is 2. The van der Waals surface area contributed by atoms with Gasteiger partial charge in [0.05, 0.1) is 28.3 Å². The van der Waals surface area contributed by atoms with Crippen molar-refractivity contribution in [2.45, 2.75) is 50.5 Å². The van der Waals surface area contributed by atoms with Crippen LogP contribution in [-0.2, 0) is 19.9 Å². The van der Waals surface area contributed by atoms with Crippen LogP contribution in [0.25, 0.3) is 11.3 Å². The average Bonchev–Trinajstić information content (AvgIpc) is 3.53. The molecular weight excluding hydrogens is 522 g/mol. The van der Waals surface area contributed by atoms with Gasteiger partial charge in [0.25, 0.3) is 0 Å². The van der Waals surface area contributed by atoms with E-state index in [-0.39, 0.29) is 35.8 Å². The van der Waals surface area contributed by atoms with Gasteiger partial charge in [-0.3, -0.25) is 14.5 Å². The van der Waals surface area contributed by atoms with E-state index in [0.29, 0.717) is 30.2 Å². The van der Waals surface area contributed by atoms with E-state index in [0.717, 1.165) is 24.5 Å². The molecule has 2 aliphatic heterocycles. The zero-order valence-corrected chi connectivity index (χ0v) is 23.1. The van der Waals surface area contributed by atoms with Gasteiger partial charge in [-0.1, -0.05) is 36.4 Å². The van der Waals surface area contributed by atoms with Crippen molar-refractivity contribution >= 4 is 29.4 Å². The number of carbonyl (C=O) groups excluding carboxylic acids is 2. The summed E-state index contributed by atoms with van der Waals surface area (Å²) in [5.41, 5.74) is 1.67. The highest BCUT2D eigenvalue weighted by atomic mass is 32.2. The molecule has 7 nitrogen and oxygen atoms in total. The molecule has 0 unspecified atom stereocenters. The van der Waals surface area contributed by atoms with E-state index < -0.39 is 22.4 Å². The van der Waals surface area contributed by atoms with Gasteiger partial charge >= 0.3 is 0 Å². The number of fused-ring (bicyclic) bond motifs is 1. The Labute approximate surface area is 230 Å². The Balaban J connectivity index is 1.65. The van der Waals surface area contributed by atoms with E-state index >= 15 is 4.39 Å². The molecule has 1 N–H and O–H groups in total. The first-order valence-corrected chi connectivity index (χ1v) is 14.1. The number of amides is 2. The summed E-state index contributed by atoms with van der Waals surface area (Å²) in [7, 11) is 0. The van der Waals surface area contributed by atoms with Crippen LogP contribution in [0.3, 0.4) is 0 Å². The van der Waals surface area contributed by atoms with Gasteiger partial charge in [-0.25, -0.2) is 13.5 Å². The zero-order chi connectivity index (χ0) is 27.7. The predicted molar refractivity (Wildman–Crippen MR) is 148 cm³/mol. The smallest absolute Gasteiger partial charge is 0.240 e. The molecule has 1 aromatic heterocycles. The lowest BCUT2D eigenvalue weighted by Gasteiger charge is -2.29. The molecule has 2 atom stereocenters. The minimum atomic E-state index is -0.698. The number of hydrogen-bond acceptors (Lipinski definition) is 5. The second kappa shape index (κ2) is 11.1. The van der Waals surface area contributed by atoms with Gasteiger partial charge in [0, 0.05) is 35.9 Å². The van der Waals surface area contributed by atoms with Crippen molar-refractivity contribution in [1.82, 2.24) is 15.1 Å². The van der Waals surface area contributed by atoms with Crippen molar-refractivity contribution in [2.24, 2.45) is 0 Å². The molecule has 2 aliphatic rings. The third-order valence-electron chi connectivity index (χ3n) is 6.87. The number of anilines is 1. The lowest BCUT2D eigenvalue weighted by atomic mass is 9.98. The maximum atomic E-state index is 15.2. The summed E-state index contributed by atoms with van der Waals surface area (Å²) in [5, 5.41) is 7.21. The summed E-state index contributed by atoms with van der Waals surface area (Å²) in [6.45, 7) is 6.72. The third kappa shape index (κ3) is 5.72. The Hall–Kier alpha value is -3.24. The topological polar surface area (TPSA) is 76.5 Å². The predicted octanol–water partition coefficient (Wildman–Crippen LogP) is 5.05. The maximum Gasteiger partial charge on any atom is 0.240 e. The number of benzene rings is 2. The van der Waals surface area contributed by atoms with Crippen LogP contribution in [0.1, 0.15) is 50.0 Å². The van der Waals surface area contributed by atoms with Crippen LogP contribution < -0.4 is 10.2 Å². The first-order chi connectivity index (χ1) is 18.6. The van der Waals surface area contributed by atoms with Crippen molar-refractivity contribution in [1.29, 1.82) is 0 Å². The summed E-state index contributed by atoms with van der Waals surface area (Å²) < 4.78 is 36.5. The van der Waals surface area contributed by atoms with Crippen molar-refractivity contribution in [3.05, 3.63) is 71.3 Å². The summed E-state index contributed by atoms with van der Waals surface area (Å²) in [6, 6.07) is 13.0.